The number of hydrogen-bond acceptors (Lipinski definition) is 3. The van der Waals surface area contributed by atoms with E-state index >= 15 is 0 Å². The van der Waals surface area contributed by atoms with E-state index in [0.717, 1.165) is 16.7 Å². The Hall–Kier alpha value is -5.09. The topological polar surface area (TPSA) is 43.6 Å². The molecule has 9 rings (SSSR count). The lowest BCUT2D eigenvalue weighted by atomic mass is 9.68. The summed E-state index contributed by atoms with van der Waals surface area (Å²) in [5, 5.41) is 2.56. The van der Waals surface area contributed by atoms with E-state index in [1.807, 2.05) is 36.4 Å². The number of aromatic nitrogens is 4. The SMILES string of the molecule is Cc1cc2c3c(c1)C(C)(C)c1cc(-c4nc(-c5ccccc5)nc(-c5ccccc5)n4)cc4c5cc(C)cc(c5n-3c14)C2(C)C. The molecule has 0 bridgehead atoms. The first-order chi connectivity index (χ1) is 21.6. The standard InChI is InChI=1S/C41H34N4/c1-23-17-28-29-21-27(39-43-37(25-13-9-7-10-14-25)42-38(44-39)26-15-11-8-12-16-26)22-33-35(29)45-34(28)30(18-23)40(3,4)31-19-24(2)20-32(36(31)45)41(33,5)6/h7-22H,1-6H3. The Bertz CT molecular complexity index is 2320. The van der Waals surface area contributed by atoms with Gasteiger partial charge in [0.15, 0.2) is 17.5 Å². The number of nitrogens with zero attached hydrogens (tertiary/aromatic N) is 4. The van der Waals surface area contributed by atoms with Gasteiger partial charge in [0, 0.05) is 38.3 Å². The fraction of sp³-hybridized carbons (Fsp3) is 0.195. The minimum absolute atomic E-state index is 0.120. The summed E-state index contributed by atoms with van der Waals surface area (Å²) in [6.45, 7) is 14.0. The van der Waals surface area contributed by atoms with E-state index in [4.69, 9.17) is 15.0 Å². The maximum Gasteiger partial charge on any atom is 0.164 e. The van der Waals surface area contributed by atoms with Crippen LogP contribution in [0.25, 0.3) is 61.7 Å². The minimum Gasteiger partial charge on any atom is -0.308 e. The highest BCUT2D eigenvalue weighted by Gasteiger charge is 2.44. The molecule has 218 valence electrons. The van der Waals surface area contributed by atoms with Crippen molar-refractivity contribution in [3.8, 4) is 39.9 Å². The van der Waals surface area contributed by atoms with E-state index in [1.165, 1.54) is 60.9 Å². The lowest BCUT2D eigenvalue weighted by Crippen LogP contribution is -2.33. The van der Waals surface area contributed by atoms with Crippen molar-refractivity contribution < 1.29 is 0 Å². The molecule has 0 saturated heterocycles. The molecule has 4 heteroatoms. The fourth-order valence-corrected chi connectivity index (χ4v) is 7.92. The van der Waals surface area contributed by atoms with Crippen molar-refractivity contribution in [3.05, 3.63) is 130 Å². The van der Waals surface area contributed by atoms with Gasteiger partial charge in [-0.2, -0.15) is 0 Å². The molecular weight excluding hydrogens is 548 g/mol. The molecule has 0 amide bonds. The number of rotatable bonds is 3. The first-order valence-electron chi connectivity index (χ1n) is 15.8. The van der Waals surface area contributed by atoms with E-state index in [1.54, 1.807) is 0 Å². The van der Waals surface area contributed by atoms with Gasteiger partial charge in [-0.25, -0.2) is 15.0 Å². The van der Waals surface area contributed by atoms with Gasteiger partial charge in [0.2, 0.25) is 0 Å². The van der Waals surface area contributed by atoms with Crippen molar-refractivity contribution in [2.75, 3.05) is 0 Å². The van der Waals surface area contributed by atoms with Crippen LogP contribution in [0.1, 0.15) is 61.1 Å². The zero-order chi connectivity index (χ0) is 30.8. The maximum atomic E-state index is 5.13. The molecule has 4 heterocycles. The summed E-state index contributed by atoms with van der Waals surface area (Å²) in [5.41, 5.74) is 14.7. The summed E-state index contributed by atoms with van der Waals surface area (Å²) in [6.07, 6.45) is 0. The second kappa shape index (κ2) is 8.76. The Balaban J connectivity index is 1.42. The number of fused-ring (bicyclic) bond motifs is 1. The van der Waals surface area contributed by atoms with E-state index < -0.39 is 0 Å². The molecule has 0 saturated carbocycles. The molecule has 0 atom stereocenters. The summed E-state index contributed by atoms with van der Waals surface area (Å²) in [6, 6.07) is 34.7. The van der Waals surface area contributed by atoms with Crippen LogP contribution in [0, 0.1) is 13.8 Å². The molecule has 45 heavy (non-hydrogen) atoms. The number of benzene rings is 5. The van der Waals surface area contributed by atoms with Crippen molar-refractivity contribution in [2.24, 2.45) is 0 Å². The third-order valence-corrected chi connectivity index (χ3v) is 10.2. The Labute approximate surface area is 263 Å². The van der Waals surface area contributed by atoms with Crippen molar-refractivity contribution in [1.29, 1.82) is 0 Å². The van der Waals surface area contributed by atoms with Crippen LogP contribution in [0.2, 0.25) is 0 Å². The van der Waals surface area contributed by atoms with E-state index in [-0.39, 0.29) is 10.8 Å². The van der Waals surface area contributed by atoms with Gasteiger partial charge in [-0.3, -0.25) is 0 Å². The average molecular weight is 583 g/mol. The third-order valence-electron chi connectivity index (χ3n) is 10.2. The average Bonchev–Trinajstić information content (AvgIpc) is 3.37. The summed E-state index contributed by atoms with van der Waals surface area (Å²) in [4.78, 5) is 15.2. The second-order valence-electron chi connectivity index (χ2n) is 14.0. The molecule has 2 aliphatic heterocycles. The largest absolute Gasteiger partial charge is 0.308 e. The van der Waals surface area contributed by atoms with Gasteiger partial charge in [0.1, 0.15) is 0 Å². The van der Waals surface area contributed by atoms with Crippen molar-refractivity contribution in [3.63, 3.8) is 0 Å². The molecule has 0 fully saturated rings. The summed E-state index contributed by atoms with van der Waals surface area (Å²) in [5.74, 6) is 2.05. The highest BCUT2D eigenvalue weighted by molar-refractivity contribution is 6.15. The van der Waals surface area contributed by atoms with Gasteiger partial charge in [0.25, 0.3) is 0 Å². The molecular formula is C41H34N4. The lowest BCUT2D eigenvalue weighted by molar-refractivity contribution is 0.592. The van der Waals surface area contributed by atoms with Crippen LogP contribution in [0.15, 0.2) is 97.1 Å². The molecule has 7 aromatic rings. The Morgan fingerprint density at radius 1 is 0.467 bits per heavy atom. The van der Waals surface area contributed by atoms with Gasteiger partial charge in [-0.15, -0.1) is 0 Å². The van der Waals surface area contributed by atoms with Crippen molar-refractivity contribution in [2.45, 2.75) is 52.4 Å². The van der Waals surface area contributed by atoms with Gasteiger partial charge in [0.05, 0.1) is 16.7 Å². The zero-order valence-electron chi connectivity index (χ0n) is 26.5. The number of hydrogen-bond donors (Lipinski definition) is 0. The van der Waals surface area contributed by atoms with Crippen LogP contribution in [0.4, 0.5) is 0 Å². The first-order valence-corrected chi connectivity index (χ1v) is 15.8. The highest BCUT2D eigenvalue weighted by atomic mass is 15.0. The predicted octanol–water partition coefficient (Wildman–Crippen LogP) is 9.87. The van der Waals surface area contributed by atoms with E-state index in [2.05, 4.69) is 107 Å². The van der Waals surface area contributed by atoms with Crippen LogP contribution in [-0.4, -0.2) is 19.5 Å². The third kappa shape index (κ3) is 3.51. The van der Waals surface area contributed by atoms with Crippen LogP contribution in [-0.2, 0) is 10.8 Å². The molecule has 0 radical (unpaired) electrons. The Morgan fingerprint density at radius 3 is 1.42 bits per heavy atom. The molecule has 2 aliphatic rings. The van der Waals surface area contributed by atoms with Crippen molar-refractivity contribution >= 4 is 21.8 Å². The number of aryl methyl sites for hydroxylation is 2. The van der Waals surface area contributed by atoms with Crippen LogP contribution in [0.3, 0.4) is 0 Å². The molecule has 2 aromatic heterocycles. The fourth-order valence-electron chi connectivity index (χ4n) is 7.92. The molecule has 0 N–H and O–H groups in total. The van der Waals surface area contributed by atoms with E-state index in [9.17, 15) is 0 Å². The predicted molar refractivity (Wildman–Crippen MR) is 184 cm³/mol. The van der Waals surface area contributed by atoms with Crippen LogP contribution < -0.4 is 0 Å². The highest BCUT2D eigenvalue weighted by Crippen LogP contribution is 2.56. The first kappa shape index (κ1) is 26.3. The normalized spacial score (nSPS) is 15.2. The molecule has 5 aromatic carbocycles. The molecule has 0 aliphatic carbocycles. The lowest BCUT2D eigenvalue weighted by Gasteiger charge is -2.42. The molecule has 0 spiro atoms. The van der Waals surface area contributed by atoms with Gasteiger partial charge < -0.3 is 4.57 Å². The van der Waals surface area contributed by atoms with Gasteiger partial charge >= 0.3 is 0 Å². The molecule has 4 nitrogen and oxygen atoms in total. The smallest absolute Gasteiger partial charge is 0.164 e. The minimum atomic E-state index is -0.227. The van der Waals surface area contributed by atoms with Gasteiger partial charge in [-0.05, 0) is 54.3 Å². The van der Waals surface area contributed by atoms with E-state index in [0.29, 0.717) is 17.5 Å². The summed E-state index contributed by atoms with van der Waals surface area (Å²) in [7, 11) is 0. The van der Waals surface area contributed by atoms with Crippen LogP contribution >= 0.6 is 0 Å². The maximum absolute atomic E-state index is 5.13. The summed E-state index contributed by atoms with van der Waals surface area (Å²) < 4.78 is 2.58. The monoisotopic (exact) mass is 582 g/mol. The zero-order valence-corrected chi connectivity index (χ0v) is 26.5. The Kier molecular flexibility index (Phi) is 5.12. The Morgan fingerprint density at radius 2 is 0.889 bits per heavy atom. The van der Waals surface area contributed by atoms with Crippen LogP contribution in [0.5, 0.6) is 0 Å². The second-order valence-corrected chi connectivity index (χ2v) is 14.0. The quantitative estimate of drug-likeness (QED) is 0.208. The van der Waals surface area contributed by atoms with Crippen molar-refractivity contribution in [1.82, 2.24) is 19.5 Å². The van der Waals surface area contributed by atoms with Gasteiger partial charge in [-0.1, -0.05) is 118 Å². The molecule has 0 unspecified atom stereocenters. The summed E-state index contributed by atoms with van der Waals surface area (Å²) >= 11 is 0.